The minimum atomic E-state index is -4.43. The molecule has 47 heavy (non-hydrogen) atoms. The fraction of sp³-hybridized carbons (Fsp3) is 0.103. The van der Waals surface area contributed by atoms with E-state index >= 15 is 0 Å². The van der Waals surface area contributed by atoms with Gasteiger partial charge >= 0.3 is 11.7 Å². The highest BCUT2D eigenvalue weighted by molar-refractivity contribution is 7.92. The molecule has 0 unspecified atom stereocenters. The first kappa shape index (κ1) is 32.2. The summed E-state index contributed by atoms with van der Waals surface area (Å²) in [6, 6.07) is 7.34. The highest BCUT2D eigenvalue weighted by Crippen LogP contribution is 2.23. The van der Waals surface area contributed by atoms with Gasteiger partial charge in [0.2, 0.25) is 0 Å². The molecule has 0 aliphatic heterocycles. The molecular weight excluding hydrogens is 642 g/mol. The molecule has 15 nitrogen and oxygen atoms in total. The van der Waals surface area contributed by atoms with E-state index in [1.165, 1.54) is 60.7 Å². The van der Waals surface area contributed by atoms with Gasteiger partial charge in [-0.3, -0.25) is 19.3 Å². The molecule has 0 saturated carbocycles. The molecule has 4 aromatic heterocycles. The lowest BCUT2D eigenvalue weighted by molar-refractivity contribution is -0.139. The predicted molar refractivity (Wildman–Crippen MR) is 160 cm³/mol. The first-order chi connectivity index (χ1) is 22.3. The Labute approximate surface area is 263 Å². The largest absolute Gasteiger partial charge is 0.480 e. The molecule has 0 bridgehead atoms. The molecule has 0 fully saturated rings. The number of hydrogen-bond donors (Lipinski definition) is 3. The molecule has 240 valence electrons. The fourth-order valence-corrected chi connectivity index (χ4v) is 5.26. The van der Waals surface area contributed by atoms with Crippen molar-refractivity contribution in [3.8, 4) is 17.1 Å². The van der Waals surface area contributed by atoms with Crippen LogP contribution in [0.1, 0.15) is 16.1 Å². The number of anilines is 1. The molecule has 0 saturated heterocycles. The highest BCUT2D eigenvalue weighted by Gasteiger charge is 2.27. The van der Waals surface area contributed by atoms with Gasteiger partial charge in [-0.25, -0.2) is 37.9 Å². The smallest absolute Gasteiger partial charge is 0.335 e. The number of hydrogen-bond acceptors (Lipinski definition) is 10. The molecule has 0 aliphatic carbocycles. The number of nitrogens with zero attached hydrogens (tertiary/aromatic N) is 6. The van der Waals surface area contributed by atoms with Gasteiger partial charge in [-0.05, 0) is 42.5 Å². The van der Waals surface area contributed by atoms with Crippen LogP contribution in [-0.2, 0) is 28.3 Å². The Morgan fingerprint density at radius 1 is 0.957 bits per heavy atom. The van der Waals surface area contributed by atoms with Crippen LogP contribution in [0, 0.1) is 11.6 Å². The Bertz CT molecular complexity index is 2190. The molecule has 3 N–H and O–H groups in total. The number of benzene rings is 1. The maximum absolute atomic E-state index is 15.0. The summed E-state index contributed by atoms with van der Waals surface area (Å²) < 4.78 is 59.6. The van der Waals surface area contributed by atoms with Crippen LogP contribution in [-0.4, -0.2) is 60.5 Å². The van der Waals surface area contributed by atoms with Crippen LogP contribution in [0.15, 0.2) is 94.1 Å². The Kier molecular flexibility index (Phi) is 8.95. The van der Waals surface area contributed by atoms with Crippen LogP contribution < -0.4 is 21.3 Å². The number of halogens is 2. The van der Waals surface area contributed by atoms with Crippen LogP contribution in [0.5, 0.6) is 0 Å². The number of carboxylic acids is 1. The van der Waals surface area contributed by atoms with E-state index in [9.17, 15) is 41.5 Å². The van der Waals surface area contributed by atoms with Crippen molar-refractivity contribution in [2.24, 2.45) is 7.05 Å². The summed E-state index contributed by atoms with van der Waals surface area (Å²) in [6.07, 6.45) is 6.19. The topological polar surface area (TPSA) is 208 Å². The lowest BCUT2D eigenvalue weighted by Gasteiger charge is -2.16. The first-order valence-electron chi connectivity index (χ1n) is 13.4. The third-order valence-electron chi connectivity index (χ3n) is 6.60. The van der Waals surface area contributed by atoms with Gasteiger partial charge in [-0.15, -0.1) is 0 Å². The molecule has 5 aromatic rings. The van der Waals surface area contributed by atoms with Crippen molar-refractivity contribution in [3.05, 3.63) is 123 Å². The molecule has 0 spiro atoms. The zero-order valence-corrected chi connectivity index (χ0v) is 24.9. The average Bonchev–Trinajstić information content (AvgIpc) is 3.03. The predicted octanol–water partition coefficient (Wildman–Crippen LogP) is 1.29. The SMILES string of the molecule is Cn1ccc(=O)n(-c2ccc(C[C@H](NC(=O)c3c(F)cc(NS(=O)(=O)c4ccc(-c5ncccn5)cn4)cc3F)C(=O)O)nc2)c1=O. The summed E-state index contributed by atoms with van der Waals surface area (Å²) >= 11 is 0. The lowest BCUT2D eigenvalue weighted by atomic mass is 10.1. The number of aryl methyl sites for hydroxylation is 1. The lowest BCUT2D eigenvalue weighted by Crippen LogP contribution is -2.43. The molecule has 1 aromatic carbocycles. The number of aromatic nitrogens is 6. The number of pyridine rings is 2. The maximum atomic E-state index is 15.0. The summed E-state index contributed by atoms with van der Waals surface area (Å²) in [5, 5.41) is 11.2. The number of carboxylic acid groups (broad SMARTS) is 1. The molecule has 1 atom stereocenters. The monoisotopic (exact) mass is 664 g/mol. The first-order valence-corrected chi connectivity index (χ1v) is 14.9. The third kappa shape index (κ3) is 7.06. The fourth-order valence-electron chi connectivity index (χ4n) is 4.29. The second-order valence-electron chi connectivity index (χ2n) is 9.84. The number of carbonyl (C=O) groups excluding carboxylic acids is 1. The Morgan fingerprint density at radius 3 is 2.26 bits per heavy atom. The number of sulfonamides is 1. The standard InChI is InChI=1S/C29H22F2N8O7S/c1-38-10-7-24(40)39(29(38)44)19-5-4-17(34-15-19)13-22(28(42)43)36-27(41)25-20(30)11-18(12-21(25)31)37-47(45,46)23-6-3-16(14-35-23)26-32-8-2-9-33-26/h2-12,14-15,22,37H,13H2,1H3,(H,36,41)(H,42,43)/t22-/m0/s1. The van der Waals surface area contributed by atoms with Gasteiger partial charge in [0.05, 0.1) is 17.6 Å². The van der Waals surface area contributed by atoms with Crippen molar-refractivity contribution in [2.75, 3.05) is 4.72 Å². The number of rotatable bonds is 10. The van der Waals surface area contributed by atoms with Gasteiger partial charge < -0.3 is 15.0 Å². The van der Waals surface area contributed by atoms with Crippen molar-refractivity contribution in [1.29, 1.82) is 0 Å². The summed E-state index contributed by atoms with van der Waals surface area (Å²) in [7, 11) is -2.99. The van der Waals surface area contributed by atoms with Crippen LogP contribution in [0.3, 0.4) is 0 Å². The van der Waals surface area contributed by atoms with E-state index in [1.54, 1.807) is 6.07 Å². The van der Waals surface area contributed by atoms with Gasteiger partial charge in [0.1, 0.15) is 23.2 Å². The zero-order valence-electron chi connectivity index (χ0n) is 24.0. The minimum Gasteiger partial charge on any atom is -0.480 e. The summed E-state index contributed by atoms with van der Waals surface area (Å²) in [5.74, 6) is -5.65. The quantitative estimate of drug-likeness (QED) is 0.194. The van der Waals surface area contributed by atoms with Crippen LogP contribution in [0.2, 0.25) is 0 Å². The Balaban J connectivity index is 1.29. The van der Waals surface area contributed by atoms with Gasteiger partial charge in [-0.2, -0.15) is 8.42 Å². The van der Waals surface area contributed by atoms with E-state index in [1.807, 2.05) is 10.0 Å². The minimum absolute atomic E-state index is 0.102. The van der Waals surface area contributed by atoms with E-state index in [-0.39, 0.29) is 11.4 Å². The van der Waals surface area contributed by atoms with Gasteiger partial charge in [-0.1, -0.05) is 0 Å². The number of aliphatic carboxylic acids is 1. The summed E-state index contributed by atoms with van der Waals surface area (Å²) in [6.45, 7) is 0. The van der Waals surface area contributed by atoms with Crippen molar-refractivity contribution in [1.82, 2.24) is 34.4 Å². The number of carbonyl (C=O) groups is 2. The maximum Gasteiger partial charge on any atom is 0.335 e. The van der Waals surface area contributed by atoms with Gasteiger partial charge in [0.25, 0.3) is 21.5 Å². The van der Waals surface area contributed by atoms with E-state index < -0.39 is 73.5 Å². The Hall–Kier alpha value is -6.17. The molecule has 18 heteroatoms. The third-order valence-corrected chi connectivity index (χ3v) is 7.89. The second-order valence-corrected chi connectivity index (χ2v) is 11.5. The molecule has 0 aliphatic rings. The average molecular weight is 665 g/mol. The second kappa shape index (κ2) is 13.1. The van der Waals surface area contributed by atoms with E-state index in [2.05, 4.69) is 19.9 Å². The Morgan fingerprint density at radius 2 is 1.66 bits per heavy atom. The molecule has 0 radical (unpaired) electrons. The highest BCUT2D eigenvalue weighted by atomic mass is 32.2. The number of amides is 1. The molecule has 5 rings (SSSR count). The van der Waals surface area contributed by atoms with Gasteiger partial charge in [0.15, 0.2) is 10.9 Å². The van der Waals surface area contributed by atoms with Crippen molar-refractivity contribution >= 4 is 27.6 Å². The van der Waals surface area contributed by atoms with Crippen LogP contribution >= 0.6 is 0 Å². The summed E-state index contributed by atoms with van der Waals surface area (Å²) in [5.41, 5.74) is -2.37. The van der Waals surface area contributed by atoms with Crippen molar-refractivity contribution in [2.45, 2.75) is 17.5 Å². The molecule has 4 heterocycles. The van der Waals surface area contributed by atoms with Crippen LogP contribution in [0.4, 0.5) is 14.5 Å². The van der Waals surface area contributed by atoms with E-state index in [0.717, 1.165) is 16.8 Å². The van der Waals surface area contributed by atoms with E-state index in [4.69, 9.17) is 0 Å². The summed E-state index contributed by atoms with van der Waals surface area (Å²) in [4.78, 5) is 65.2. The zero-order chi connectivity index (χ0) is 33.9. The molecular formula is C29H22F2N8O7S. The normalized spacial score (nSPS) is 11.9. The van der Waals surface area contributed by atoms with Gasteiger partial charge in [0, 0.05) is 55.6 Å². The molecule has 1 amide bonds. The van der Waals surface area contributed by atoms with Crippen molar-refractivity contribution in [3.63, 3.8) is 0 Å². The van der Waals surface area contributed by atoms with E-state index in [0.29, 0.717) is 23.5 Å². The number of nitrogens with one attached hydrogen (secondary N) is 2. The van der Waals surface area contributed by atoms with Crippen molar-refractivity contribution < 1.29 is 31.9 Å². The van der Waals surface area contributed by atoms with Crippen LogP contribution in [0.25, 0.3) is 17.1 Å².